The lowest BCUT2D eigenvalue weighted by molar-refractivity contribution is -0.384. The Kier molecular flexibility index (Phi) is 7.15. The normalized spacial score (nSPS) is 11.8. The molecule has 3 aromatic rings. The highest BCUT2D eigenvalue weighted by Gasteiger charge is 2.22. The zero-order chi connectivity index (χ0) is 21.5. The summed E-state index contributed by atoms with van der Waals surface area (Å²) in [5.41, 5.74) is 1.45. The number of hydrogen-bond donors (Lipinski definition) is 2. The zero-order valence-corrected chi connectivity index (χ0v) is 17.1. The van der Waals surface area contributed by atoms with Crippen molar-refractivity contribution < 1.29 is 14.8 Å². The van der Waals surface area contributed by atoms with Crippen molar-refractivity contribution >= 4 is 23.4 Å². The number of aliphatic hydroxyl groups is 1. The van der Waals surface area contributed by atoms with Crippen LogP contribution in [0.4, 0.5) is 5.69 Å². The predicted molar refractivity (Wildman–Crippen MR) is 112 cm³/mol. The van der Waals surface area contributed by atoms with Gasteiger partial charge < -0.3 is 15.0 Å². The van der Waals surface area contributed by atoms with Crippen LogP contribution in [0, 0.1) is 10.1 Å². The maximum Gasteiger partial charge on any atom is 0.269 e. The number of aromatic nitrogens is 3. The largest absolute Gasteiger partial charge is 0.394 e. The summed E-state index contributed by atoms with van der Waals surface area (Å²) >= 11 is 1.43. The van der Waals surface area contributed by atoms with E-state index in [0.717, 1.165) is 5.56 Å². The van der Waals surface area contributed by atoms with Gasteiger partial charge in [-0.15, -0.1) is 10.2 Å². The van der Waals surface area contributed by atoms with E-state index < -0.39 is 11.0 Å². The molecule has 0 radical (unpaired) electrons. The second kappa shape index (κ2) is 9.99. The first kappa shape index (κ1) is 21.5. The third-order valence-corrected chi connectivity index (χ3v) is 5.45. The fourth-order valence-electron chi connectivity index (χ4n) is 2.85. The highest BCUT2D eigenvalue weighted by Crippen LogP contribution is 2.25. The lowest BCUT2D eigenvalue weighted by Gasteiger charge is -2.17. The van der Waals surface area contributed by atoms with Crippen molar-refractivity contribution in [1.82, 2.24) is 20.1 Å². The summed E-state index contributed by atoms with van der Waals surface area (Å²) in [4.78, 5) is 22.8. The Morgan fingerprint density at radius 3 is 2.50 bits per heavy atom. The fourth-order valence-corrected chi connectivity index (χ4v) is 3.81. The van der Waals surface area contributed by atoms with Crippen LogP contribution in [0.2, 0.25) is 0 Å². The fraction of sp³-hybridized carbons (Fsp3) is 0.250. The number of non-ortho nitro benzene ring substituents is 1. The first-order valence-corrected chi connectivity index (χ1v) is 10.3. The molecule has 0 bridgehead atoms. The molecule has 2 N–H and O–H groups in total. The van der Waals surface area contributed by atoms with Gasteiger partial charge in [-0.1, -0.05) is 42.1 Å². The zero-order valence-electron chi connectivity index (χ0n) is 16.3. The number of thioether (sulfide) groups is 1. The molecule has 9 nitrogen and oxygen atoms in total. The molecule has 0 aliphatic rings. The van der Waals surface area contributed by atoms with E-state index in [0.29, 0.717) is 28.8 Å². The molecule has 3 rings (SSSR count). The maximum atomic E-state index is 12.4. The molecule has 0 saturated carbocycles. The van der Waals surface area contributed by atoms with Gasteiger partial charge in [0.25, 0.3) is 11.6 Å². The SMILES string of the molecule is CCn1c(SCc2ccc([N+](=O)[O-])cc2)nnc1[C@H](CO)NC(=O)c1ccccc1. The van der Waals surface area contributed by atoms with E-state index >= 15 is 0 Å². The van der Waals surface area contributed by atoms with E-state index in [4.69, 9.17) is 0 Å². The number of aliphatic hydroxyl groups excluding tert-OH is 1. The van der Waals surface area contributed by atoms with E-state index in [2.05, 4.69) is 15.5 Å². The van der Waals surface area contributed by atoms with Crippen LogP contribution in [0.3, 0.4) is 0 Å². The number of nitrogens with zero attached hydrogens (tertiary/aromatic N) is 4. The topological polar surface area (TPSA) is 123 Å². The lowest BCUT2D eigenvalue weighted by Crippen LogP contribution is -2.32. The van der Waals surface area contributed by atoms with Gasteiger partial charge in [-0.3, -0.25) is 14.9 Å². The second-order valence-corrected chi connectivity index (χ2v) is 7.31. The number of carbonyl (C=O) groups is 1. The molecule has 0 unspecified atom stereocenters. The van der Waals surface area contributed by atoms with Crippen molar-refractivity contribution in [1.29, 1.82) is 0 Å². The highest BCUT2D eigenvalue weighted by atomic mass is 32.2. The van der Waals surface area contributed by atoms with Crippen molar-refractivity contribution in [3.63, 3.8) is 0 Å². The van der Waals surface area contributed by atoms with Crippen LogP contribution in [-0.4, -0.2) is 37.3 Å². The molecule has 0 saturated heterocycles. The van der Waals surface area contributed by atoms with Gasteiger partial charge in [0, 0.05) is 30.0 Å². The average Bonchev–Trinajstić information content (AvgIpc) is 3.19. The molecule has 0 fully saturated rings. The first-order valence-electron chi connectivity index (χ1n) is 9.29. The number of rotatable bonds is 9. The monoisotopic (exact) mass is 427 g/mol. The Labute approximate surface area is 177 Å². The van der Waals surface area contributed by atoms with Gasteiger partial charge in [-0.05, 0) is 24.6 Å². The van der Waals surface area contributed by atoms with Crippen molar-refractivity contribution in [2.75, 3.05) is 6.61 Å². The minimum absolute atomic E-state index is 0.0442. The number of nitrogens with one attached hydrogen (secondary N) is 1. The molecule has 0 spiro atoms. The van der Waals surface area contributed by atoms with Crippen LogP contribution in [0.25, 0.3) is 0 Å². The summed E-state index contributed by atoms with van der Waals surface area (Å²) in [6.07, 6.45) is 0. The number of amides is 1. The van der Waals surface area contributed by atoms with Gasteiger partial charge in [-0.25, -0.2) is 0 Å². The van der Waals surface area contributed by atoms with Gasteiger partial charge in [0.1, 0.15) is 6.04 Å². The Morgan fingerprint density at radius 2 is 1.90 bits per heavy atom. The van der Waals surface area contributed by atoms with E-state index in [1.54, 1.807) is 36.4 Å². The van der Waals surface area contributed by atoms with Crippen molar-refractivity contribution in [2.24, 2.45) is 0 Å². The molecule has 1 atom stereocenters. The third-order valence-electron chi connectivity index (χ3n) is 4.41. The van der Waals surface area contributed by atoms with Crippen molar-refractivity contribution in [3.05, 3.63) is 81.7 Å². The van der Waals surface area contributed by atoms with Gasteiger partial charge in [0.15, 0.2) is 11.0 Å². The quantitative estimate of drug-likeness (QED) is 0.306. The van der Waals surface area contributed by atoms with Crippen molar-refractivity contribution in [2.45, 2.75) is 30.4 Å². The molecule has 30 heavy (non-hydrogen) atoms. The minimum atomic E-state index is -0.695. The Bertz CT molecular complexity index is 1010. The molecular weight excluding hydrogens is 406 g/mol. The van der Waals surface area contributed by atoms with Crippen LogP contribution in [-0.2, 0) is 12.3 Å². The van der Waals surface area contributed by atoms with Gasteiger partial charge in [0.05, 0.1) is 11.5 Å². The second-order valence-electron chi connectivity index (χ2n) is 6.37. The molecule has 156 valence electrons. The molecular formula is C20H21N5O4S. The Morgan fingerprint density at radius 1 is 1.20 bits per heavy atom. The summed E-state index contributed by atoms with van der Waals surface area (Å²) in [5.74, 6) is 0.715. The van der Waals surface area contributed by atoms with E-state index in [1.807, 2.05) is 17.6 Å². The van der Waals surface area contributed by atoms with Crippen LogP contribution in [0.15, 0.2) is 59.8 Å². The number of nitro benzene ring substituents is 1. The van der Waals surface area contributed by atoms with Crippen LogP contribution >= 0.6 is 11.8 Å². The molecule has 10 heteroatoms. The van der Waals surface area contributed by atoms with Gasteiger partial charge in [0.2, 0.25) is 0 Å². The summed E-state index contributed by atoms with van der Waals surface area (Å²) < 4.78 is 1.84. The smallest absolute Gasteiger partial charge is 0.269 e. The maximum absolute atomic E-state index is 12.4. The van der Waals surface area contributed by atoms with Crippen LogP contribution in [0.1, 0.15) is 34.7 Å². The van der Waals surface area contributed by atoms with Gasteiger partial charge in [-0.2, -0.15) is 0 Å². The molecule has 2 aromatic carbocycles. The predicted octanol–water partition coefficient (Wildman–Crippen LogP) is 2.96. The van der Waals surface area contributed by atoms with Crippen molar-refractivity contribution in [3.8, 4) is 0 Å². The van der Waals surface area contributed by atoms with Crippen LogP contribution < -0.4 is 5.32 Å². The lowest BCUT2D eigenvalue weighted by atomic mass is 10.2. The molecule has 1 heterocycles. The molecule has 1 amide bonds. The third kappa shape index (κ3) is 5.02. The highest BCUT2D eigenvalue weighted by molar-refractivity contribution is 7.98. The Balaban J connectivity index is 1.71. The summed E-state index contributed by atoms with van der Waals surface area (Å²) in [7, 11) is 0. The average molecular weight is 427 g/mol. The number of nitro groups is 1. The summed E-state index contributed by atoms with van der Waals surface area (Å²) in [6.45, 7) is 2.17. The number of carbonyl (C=O) groups excluding carboxylic acids is 1. The first-order chi connectivity index (χ1) is 14.5. The molecule has 0 aliphatic carbocycles. The van der Waals surface area contributed by atoms with E-state index in [9.17, 15) is 20.0 Å². The minimum Gasteiger partial charge on any atom is -0.394 e. The summed E-state index contributed by atoms with van der Waals surface area (Å²) in [6, 6.07) is 14.4. The van der Waals surface area contributed by atoms with Crippen LogP contribution in [0.5, 0.6) is 0 Å². The number of hydrogen-bond acceptors (Lipinski definition) is 7. The molecule has 0 aliphatic heterocycles. The standard InChI is InChI=1S/C20H21N5O4S/c1-2-24-18(17(12-26)21-19(27)15-6-4-3-5-7-15)22-23-20(24)30-13-14-8-10-16(11-9-14)25(28)29/h3-11,17,26H,2,12-13H2,1H3,(H,21,27)/t17-/m0/s1. The molecule has 1 aromatic heterocycles. The summed E-state index contributed by atoms with van der Waals surface area (Å²) in [5, 5.41) is 32.4. The number of benzene rings is 2. The van der Waals surface area contributed by atoms with E-state index in [-0.39, 0.29) is 18.2 Å². The van der Waals surface area contributed by atoms with Gasteiger partial charge >= 0.3 is 0 Å². The van der Waals surface area contributed by atoms with E-state index in [1.165, 1.54) is 23.9 Å². The Hall–Kier alpha value is -3.24.